The van der Waals surface area contributed by atoms with Gasteiger partial charge in [-0.05, 0) is 44.2 Å². The van der Waals surface area contributed by atoms with Crippen LogP contribution < -0.4 is 16.0 Å². The highest BCUT2D eigenvalue weighted by molar-refractivity contribution is 8.00. The lowest BCUT2D eigenvalue weighted by Crippen LogP contribution is -2.51. The van der Waals surface area contributed by atoms with Gasteiger partial charge in [0.1, 0.15) is 39.9 Å². The molecule has 1 aromatic carbocycles. The van der Waals surface area contributed by atoms with Crippen molar-refractivity contribution in [2.24, 2.45) is 17.6 Å². The van der Waals surface area contributed by atoms with Crippen molar-refractivity contribution in [1.29, 1.82) is 10.5 Å². The van der Waals surface area contributed by atoms with Gasteiger partial charge in [0.05, 0.1) is 17.7 Å². The Morgan fingerprint density at radius 1 is 1.14 bits per heavy atom. The summed E-state index contributed by atoms with van der Waals surface area (Å²) >= 11 is 1.09. The third-order valence-electron chi connectivity index (χ3n) is 6.73. The van der Waals surface area contributed by atoms with Crippen molar-refractivity contribution in [2.45, 2.75) is 69.9 Å². The van der Waals surface area contributed by atoms with E-state index < -0.39 is 34.9 Å². The summed E-state index contributed by atoms with van der Waals surface area (Å²) in [4.78, 5) is 44.0. The fourth-order valence-corrected chi connectivity index (χ4v) is 5.66. The second-order valence-corrected chi connectivity index (χ2v) is 12.7. The molecule has 11 nitrogen and oxygen atoms in total. The molecule has 1 aliphatic rings. The van der Waals surface area contributed by atoms with Crippen molar-refractivity contribution < 1.29 is 23.9 Å². The van der Waals surface area contributed by atoms with Gasteiger partial charge in [0.25, 0.3) is 0 Å². The number of hydrogen-bond donors (Lipinski definition) is 2. The van der Waals surface area contributed by atoms with Crippen molar-refractivity contribution in [3.63, 3.8) is 0 Å². The number of rotatable bonds is 11. The number of carbonyl (C=O) groups is 3. The lowest BCUT2D eigenvalue weighted by molar-refractivity contribution is -0.149. The highest BCUT2D eigenvalue weighted by atomic mass is 32.2. The fourth-order valence-electron chi connectivity index (χ4n) is 4.60. The number of esters is 1. The quantitative estimate of drug-likeness (QED) is 0.278. The first-order valence-electron chi connectivity index (χ1n) is 14.1. The van der Waals surface area contributed by atoms with E-state index in [1.807, 2.05) is 17.9 Å². The number of thioether (sulfide) groups is 1. The van der Waals surface area contributed by atoms with Crippen molar-refractivity contribution in [3.8, 4) is 12.1 Å². The maximum Gasteiger partial charge on any atom is 0.408 e. The van der Waals surface area contributed by atoms with Gasteiger partial charge in [0.2, 0.25) is 5.91 Å². The number of nitriles is 2. The molecular formula is C31H38N6O5S. The number of nitrogens with one attached hydrogen (secondary N) is 1. The Balaban J connectivity index is 1.76. The van der Waals surface area contributed by atoms with Crippen molar-refractivity contribution in [3.05, 3.63) is 52.6 Å². The standard InChI is InChI=1S/C31H38N6O5S/c1-7-21-22(13-32)27(36-28(23(21)14-33)43-25(26(34)38)20-11-9-8-10-12-20)37-15-19(16-37)17-41-29(39)24(18(2)3)35-30(40)42-31(4,5)6/h8-12,18-19,24-25H,7,15-17H2,1-6H3,(H2,34,38)(H,35,40)/t24-,25-/m0/s1. The van der Waals surface area contributed by atoms with E-state index in [9.17, 15) is 24.9 Å². The third kappa shape index (κ3) is 8.39. The minimum Gasteiger partial charge on any atom is -0.464 e. The predicted molar refractivity (Wildman–Crippen MR) is 162 cm³/mol. The second-order valence-electron chi connectivity index (χ2n) is 11.6. The summed E-state index contributed by atoms with van der Waals surface area (Å²) < 4.78 is 10.8. The van der Waals surface area contributed by atoms with Gasteiger partial charge in [-0.25, -0.2) is 14.6 Å². The molecule has 3 N–H and O–H groups in total. The molecule has 0 unspecified atom stereocenters. The molecule has 228 valence electrons. The summed E-state index contributed by atoms with van der Waals surface area (Å²) in [6, 6.07) is 12.5. The van der Waals surface area contributed by atoms with Gasteiger partial charge in [0.15, 0.2) is 0 Å². The normalized spacial score (nSPS) is 14.6. The molecule has 2 heterocycles. The van der Waals surface area contributed by atoms with Crippen LogP contribution in [0, 0.1) is 34.5 Å². The lowest BCUT2D eigenvalue weighted by atomic mass is 9.97. The van der Waals surface area contributed by atoms with Gasteiger partial charge in [-0.15, -0.1) is 0 Å². The zero-order valence-corrected chi connectivity index (χ0v) is 26.2. The highest BCUT2D eigenvalue weighted by Crippen LogP contribution is 2.40. The van der Waals surface area contributed by atoms with Gasteiger partial charge in [-0.3, -0.25) is 4.79 Å². The molecule has 2 aromatic rings. The van der Waals surface area contributed by atoms with Crippen molar-refractivity contribution >= 4 is 35.5 Å². The predicted octanol–water partition coefficient (Wildman–Crippen LogP) is 4.23. The number of nitrogens with two attached hydrogens (primary N) is 1. The number of carbonyl (C=O) groups excluding carboxylic acids is 3. The maximum absolute atomic E-state index is 12.8. The van der Waals surface area contributed by atoms with E-state index in [1.165, 1.54) is 0 Å². The van der Waals surface area contributed by atoms with E-state index in [0.717, 1.165) is 11.8 Å². The number of pyridine rings is 1. The average molecular weight is 607 g/mol. The number of primary amides is 1. The molecule has 2 atom stereocenters. The largest absolute Gasteiger partial charge is 0.464 e. The Hall–Kier alpha value is -4.29. The van der Waals surface area contributed by atoms with Crippen LogP contribution in [0.5, 0.6) is 0 Å². The van der Waals surface area contributed by atoms with Crippen LogP contribution in [0.25, 0.3) is 0 Å². The minimum absolute atomic E-state index is 0.0360. The summed E-state index contributed by atoms with van der Waals surface area (Å²) in [5.74, 6) is -0.976. The molecule has 1 aliphatic heterocycles. The van der Waals surface area contributed by atoms with Crippen LogP contribution in [-0.2, 0) is 25.5 Å². The molecule has 0 radical (unpaired) electrons. The Labute approximate surface area is 256 Å². The molecule has 12 heteroatoms. The summed E-state index contributed by atoms with van der Waals surface area (Å²) in [7, 11) is 0. The van der Waals surface area contributed by atoms with Crippen LogP contribution >= 0.6 is 11.8 Å². The van der Waals surface area contributed by atoms with Gasteiger partial charge >= 0.3 is 12.1 Å². The molecule has 1 aromatic heterocycles. The summed E-state index contributed by atoms with van der Waals surface area (Å²) in [6.07, 6.45) is -0.280. The number of aromatic nitrogens is 1. The first-order chi connectivity index (χ1) is 20.3. The summed E-state index contributed by atoms with van der Waals surface area (Å²) in [5.41, 5.74) is 6.82. The van der Waals surface area contributed by atoms with Crippen LogP contribution in [-0.4, -0.2) is 54.3 Å². The first kappa shape index (κ1) is 33.2. The van der Waals surface area contributed by atoms with Gasteiger partial charge in [-0.1, -0.05) is 62.9 Å². The van der Waals surface area contributed by atoms with Crippen LogP contribution in [0.2, 0.25) is 0 Å². The molecule has 43 heavy (non-hydrogen) atoms. The molecule has 0 bridgehead atoms. The zero-order valence-electron chi connectivity index (χ0n) is 25.3. The SMILES string of the molecule is CCc1c(C#N)c(S[C@H](C(N)=O)c2ccccc2)nc(N2CC(COC(=O)[C@@H](NC(=O)OC(C)(C)C)C(C)C)C2)c1C#N. The summed E-state index contributed by atoms with van der Waals surface area (Å²) in [6.45, 7) is 11.7. The number of benzene rings is 1. The third-order valence-corrected chi connectivity index (χ3v) is 7.99. The smallest absolute Gasteiger partial charge is 0.408 e. The lowest BCUT2D eigenvalue weighted by Gasteiger charge is -2.40. The number of hydrogen-bond acceptors (Lipinski definition) is 10. The number of ether oxygens (including phenoxy) is 2. The molecule has 0 saturated carbocycles. The van der Waals surface area contributed by atoms with E-state index in [2.05, 4.69) is 17.5 Å². The average Bonchev–Trinajstić information content (AvgIpc) is 2.92. The number of alkyl carbamates (subject to hydrolysis) is 1. The Kier molecular flexibility index (Phi) is 11.0. The number of anilines is 1. The monoisotopic (exact) mass is 606 g/mol. The zero-order chi connectivity index (χ0) is 31.9. The van der Waals surface area contributed by atoms with E-state index in [1.54, 1.807) is 58.9 Å². The molecular weight excluding hydrogens is 568 g/mol. The first-order valence-corrected chi connectivity index (χ1v) is 15.0. The molecule has 0 spiro atoms. The van der Waals surface area contributed by atoms with Gasteiger partial charge < -0.3 is 25.4 Å². The molecule has 2 amide bonds. The Morgan fingerprint density at radius 2 is 1.77 bits per heavy atom. The molecule has 0 aliphatic carbocycles. The Bertz CT molecular complexity index is 1420. The maximum atomic E-state index is 12.8. The molecule has 1 fully saturated rings. The highest BCUT2D eigenvalue weighted by Gasteiger charge is 2.35. The van der Waals surface area contributed by atoms with E-state index in [0.29, 0.717) is 47.0 Å². The van der Waals surface area contributed by atoms with E-state index in [-0.39, 0.29) is 24.0 Å². The van der Waals surface area contributed by atoms with Crippen LogP contribution in [0.15, 0.2) is 35.4 Å². The van der Waals surface area contributed by atoms with Crippen LogP contribution in [0.1, 0.15) is 69.0 Å². The fraction of sp³-hybridized carbons (Fsp3) is 0.484. The van der Waals surface area contributed by atoms with Crippen LogP contribution in [0.4, 0.5) is 10.6 Å². The minimum atomic E-state index is -0.870. The van der Waals surface area contributed by atoms with Crippen molar-refractivity contribution in [2.75, 3.05) is 24.6 Å². The Morgan fingerprint density at radius 3 is 2.28 bits per heavy atom. The number of nitrogens with zero attached hydrogens (tertiary/aromatic N) is 4. The van der Waals surface area contributed by atoms with E-state index >= 15 is 0 Å². The topological polar surface area (TPSA) is 171 Å². The summed E-state index contributed by atoms with van der Waals surface area (Å²) in [5, 5.41) is 22.2. The van der Waals surface area contributed by atoms with E-state index in [4.69, 9.17) is 20.2 Å². The van der Waals surface area contributed by atoms with Gasteiger partial charge in [0, 0.05) is 19.0 Å². The molecule has 3 rings (SSSR count). The number of amides is 2. The van der Waals surface area contributed by atoms with Crippen molar-refractivity contribution in [1.82, 2.24) is 10.3 Å². The molecule has 1 saturated heterocycles. The van der Waals surface area contributed by atoms with Crippen LogP contribution in [0.3, 0.4) is 0 Å². The van der Waals surface area contributed by atoms with Gasteiger partial charge in [-0.2, -0.15) is 10.5 Å². The second kappa shape index (κ2) is 14.3.